The van der Waals surface area contributed by atoms with Gasteiger partial charge in [0, 0.05) is 45.4 Å². The lowest BCUT2D eigenvalue weighted by molar-refractivity contribution is -0.00268. The molecule has 6 nitrogen and oxygen atoms in total. The molecule has 0 saturated carbocycles. The van der Waals surface area contributed by atoms with Crippen LogP contribution < -0.4 is 0 Å². The molecule has 1 aromatic heterocycles. The summed E-state index contributed by atoms with van der Waals surface area (Å²) in [5.74, 6) is 2.11. The first-order chi connectivity index (χ1) is 12.0. The largest absolute Gasteiger partial charge is 0.465 e. The second-order valence-corrected chi connectivity index (χ2v) is 7.67. The van der Waals surface area contributed by atoms with E-state index >= 15 is 0 Å². The Morgan fingerprint density at radius 2 is 1.92 bits per heavy atom. The number of rotatable bonds is 7. The van der Waals surface area contributed by atoms with Crippen LogP contribution in [0.1, 0.15) is 37.7 Å². The number of carbonyl (C=O) groups excluding carboxylic acids is 1. The Morgan fingerprint density at radius 3 is 2.60 bits per heavy atom. The maximum Gasteiger partial charge on any atom is 0.410 e. The summed E-state index contributed by atoms with van der Waals surface area (Å²) in [5, 5.41) is 0. The van der Waals surface area contributed by atoms with Gasteiger partial charge in [0.25, 0.3) is 0 Å². The number of carbonyl (C=O) groups is 1. The van der Waals surface area contributed by atoms with Crippen molar-refractivity contribution < 1.29 is 13.9 Å². The van der Waals surface area contributed by atoms with Crippen molar-refractivity contribution in [1.82, 2.24) is 14.7 Å². The Balaban J connectivity index is 1.48. The molecule has 0 atom stereocenters. The highest BCUT2D eigenvalue weighted by Gasteiger charge is 2.46. The molecule has 0 radical (unpaired) electrons. The van der Waals surface area contributed by atoms with Crippen molar-refractivity contribution in [1.29, 1.82) is 0 Å². The molecule has 0 unspecified atom stereocenters. The normalized spacial score (nSPS) is 20.6. The SMILES string of the molecule is CCCc1ccc(CN2CCC3(CC2)CN(CCN(C)C)C(=O)O3)o1. The first-order valence-electron chi connectivity index (χ1n) is 9.42. The number of furan rings is 1. The summed E-state index contributed by atoms with van der Waals surface area (Å²) in [4.78, 5) is 18.5. The molecule has 6 heteroatoms. The highest BCUT2D eigenvalue weighted by molar-refractivity contribution is 5.70. The summed E-state index contributed by atoms with van der Waals surface area (Å²) >= 11 is 0. The van der Waals surface area contributed by atoms with Gasteiger partial charge in [-0.1, -0.05) is 6.92 Å². The molecule has 25 heavy (non-hydrogen) atoms. The molecular weight excluding hydrogens is 318 g/mol. The zero-order valence-electron chi connectivity index (χ0n) is 15.8. The fourth-order valence-electron chi connectivity index (χ4n) is 3.67. The molecule has 2 saturated heterocycles. The topological polar surface area (TPSA) is 49.2 Å². The molecule has 0 N–H and O–H groups in total. The van der Waals surface area contributed by atoms with Gasteiger partial charge in [-0.15, -0.1) is 0 Å². The predicted octanol–water partition coefficient (Wildman–Crippen LogP) is 2.58. The lowest BCUT2D eigenvalue weighted by Gasteiger charge is -2.37. The molecule has 0 aliphatic carbocycles. The van der Waals surface area contributed by atoms with Crippen LogP contribution in [0.4, 0.5) is 4.79 Å². The summed E-state index contributed by atoms with van der Waals surface area (Å²) < 4.78 is 11.7. The number of aryl methyl sites for hydroxylation is 1. The molecule has 2 aliphatic heterocycles. The standard InChI is InChI=1S/C19H31N3O3/c1-4-5-16-6-7-17(24-16)14-21-10-8-19(9-11-21)15-22(18(23)25-19)13-12-20(2)3/h6-7H,4-5,8-15H2,1-3H3. The first-order valence-corrected chi connectivity index (χ1v) is 9.42. The summed E-state index contributed by atoms with van der Waals surface area (Å²) in [6.07, 6.45) is 3.77. The van der Waals surface area contributed by atoms with Gasteiger partial charge < -0.3 is 19.0 Å². The third kappa shape index (κ3) is 4.55. The first kappa shape index (κ1) is 18.3. The van der Waals surface area contributed by atoms with E-state index in [0.29, 0.717) is 0 Å². The maximum atomic E-state index is 12.2. The van der Waals surface area contributed by atoms with Crippen molar-refractivity contribution in [3.8, 4) is 0 Å². The van der Waals surface area contributed by atoms with Crippen LogP contribution in [0.15, 0.2) is 16.5 Å². The van der Waals surface area contributed by atoms with Crippen molar-refractivity contribution in [3.05, 3.63) is 23.7 Å². The zero-order valence-corrected chi connectivity index (χ0v) is 15.8. The molecule has 0 bridgehead atoms. The minimum atomic E-state index is -0.281. The Kier molecular flexibility index (Phi) is 5.69. The van der Waals surface area contributed by atoms with E-state index in [1.807, 2.05) is 19.0 Å². The highest BCUT2D eigenvalue weighted by atomic mass is 16.6. The van der Waals surface area contributed by atoms with Crippen molar-refractivity contribution in [2.75, 3.05) is 46.8 Å². The van der Waals surface area contributed by atoms with E-state index in [9.17, 15) is 4.79 Å². The predicted molar refractivity (Wildman–Crippen MR) is 96.6 cm³/mol. The number of amides is 1. The second-order valence-electron chi connectivity index (χ2n) is 7.67. The monoisotopic (exact) mass is 349 g/mol. The summed E-state index contributed by atoms with van der Waals surface area (Å²) in [7, 11) is 4.05. The Morgan fingerprint density at radius 1 is 1.20 bits per heavy atom. The van der Waals surface area contributed by atoms with E-state index < -0.39 is 0 Å². The molecule has 3 heterocycles. The molecule has 2 aliphatic rings. The van der Waals surface area contributed by atoms with E-state index in [4.69, 9.17) is 9.15 Å². The fraction of sp³-hybridized carbons (Fsp3) is 0.737. The average Bonchev–Trinajstić information content (AvgIpc) is 3.13. The van der Waals surface area contributed by atoms with E-state index in [-0.39, 0.29) is 11.7 Å². The number of piperidine rings is 1. The lowest BCUT2D eigenvalue weighted by Crippen LogP contribution is -2.46. The molecule has 2 fully saturated rings. The minimum absolute atomic E-state index is 0.148. The van der Waals surface area contributed by atoms with E-state index in [2.05, 4.69) is 28.9 Å². The average molecular weight is 349 g/mol. The molecule has 0 aromatic carbocycles. The molecular formula is C19H31N3O3. The Hall–Kier alpha value is -1.53. The molecule has 1 amide bonds. The third-order valence-electron chi connectivity index (χ3n) is 5.22. The number of likely N-dealkylation sites (N-methyl/N-ethyl adjacent to an activating group) is 1. The van der Waals surface area contributed by atoms with Crippen LogP contribution in [0.3, 0.4) is 0 Å². The smallest absolute Gasteiger partial charge is 0.410 e. The van der Waals surface area contributed by atoms with Crippen LogP contribution in [-0.4, -0.2) is 73.2 Å². The van der Waals surface area contributed by atoms with E-state index in [1.54, 1.807) is 0 Å². The van der Waals surface area contributed by atoms with Gasteiger partial charge in [0.2, 0.25) is 0 Å². The Labute approximate surface area is 150 Å². The number of hydrogen-bond acceptors (Lipinski definition) is 5. The zero-order chi connectivity index (χ0) is 17.9. The molecule has 3 rings (SSSR count). The van der Waals surface area contributed by atoms with Crippen LogP contribution in [0.25, 0.3) is 0 Å². The van der Waals surface area contributed by atoms with Crippen molar-refractivity contribution in [2.24, 2.45) is 0 Å². The van der Waals surface area contributed by atoms with Gasteiger partial charge >= 0.3 is 6.09 Å². The van der Waals surface area contributed by atoms with Gasteiger partial charge in [0.15, 0.2) is 0 Å². The van der Waals surface area contributed by atoms with Crippen molar-refractivity contribution >= 4 is 6.09 Å². The maximum absolute atomic E-state index is 12.2. The van der Waals surface area contributed by atoms with Crippen molar-refractivity contribution in [3.63, 3.8) is 0 Å². The third-order valence-corrected chi connectivity index (χ3v) is 5.22. The van der Waals surface area contributed by atoms with Gasteiger partial charge in [0.1, 0.15) is 17.1 Å². The summed E-state index contributed by atoms with van der Waals surface area (Å²) in [6.45, 7) is 7.24. The van der Waals surface area contributed by atoms with Crippen LogP contribution in [0.2, 0.25) is 0 Å². The van der Waals surface area contributed by atoms with Crippen LogP contribution >= 0.6 is 0 Å². The van der Waals surface area contributed by atoms with Gasteiger partial charge in [0.05, 0.1) is 13.1 Å². The summed E-state index contributed by atoms with van der Waals surface area (Å²) in [6, 6.07) is 4.18. The Bertz CT molecular complexity index is 576. The van der Waals surface area contributed by atoms with Gasteiger partial charge in [-0.25, -0.2) is 4.79 Å². The molecule has 140 valence electrons. The highest BCUT2D eigenvalue weighted by Crippen LogP contribution is 2.33. The second kappa shape index (κ2) is 7.79. The van der Waals surface area contributed by atoms with E-state index in [1.165, 1.54) is 0 Å². The van der Waals surface area contributed by atoms with E-state index in [0.717, 1.165) is 76.5 Å². The van der Waals surface area contributed by atoms with Crippen LogP contribution in [0.5, 0.6) is 0 Å². The minimum Gasteiger partial charge on any atom is -0.465 e. The van der Waals surface area contributed by atoms with Crippen LogP contribution in [0, 0.1) is 0 Å². The van der Waals surface area contributed by atoms with Gasteiger partial charge in [-0.3, -0.25) is 4.90 Å². The van der Waals surface area contributed by atoms with Gasteiger partial charge in [-0.2, -0.15) is 0 Å². The number of nitrogens with zero attached hydrogens (tertiary/aromatic N) is 3. The number of hydrogen-bond donors (Lipinski definition) is 0. The van der Waals surface area contributed by atoms with Crippen LogP contribution in [-0.2, 0) is 17.7 Å². The number of ether oxygens (including phenoxy) is 1. The fourth-order valence-corrected chi connectivity index (χ4v) is 3.67. The molecule has 1 spiro atoms. The summed E-state index contributed by atoms with van der Waals surface area (Å²) in [5.41, 5.74) is -0.281. The quantitative estimate of drug-likeness (QED) is 0.757. The number of likely N-dealkylation sites (tertiary alicyclic amines) is 1. The lowest BCUT2D eigenvalue weighted by atomic mass is 9.91. The van der Waals surface area contributed by atoms with Gasteiger partial charge in [-0.05, 0) is 32.6 Å². The molecule has 1 aromatic rings. The van der Waals surface area contributed by atoms with Crippen molar-refractivity contribution in [2.45, 2.75) is 44.8 Å².